The monoisotopic (exact) mass is 518 g/mol. The molecule has 0 aromatic heterocycles. The fraction of sp³-hybridized carbons (Fsp3) is 0.407. The minimum atomic E-state index is -0.827. The van der Waals surface area contributed by atoms with Crippen molar-refractivity contribution in [3.05, 3.63) is 68.7 Å². The highest BCUT2D eigenvalue weighted by Gasteiger charge is 2.44. The van der Waals surface area contributed by atoms with Crippen molar-refractivity contribution in [2.75, 3.05) is 33.8 Å². The number of likely N-dealkylation sites (tertiary alicyclic amines) is 1. The Hall–Kier alpha value is -2.54. The highest BCUT2D eigenvalue weighted by Crippen LogP contribution is 2.40. The van der Waals surface area contributed by atoms with Crippen LogP contribution in [0.25, 0.3) is 5.76 Å². The number of amides is 1. The van der Waals surface area contributed by atoms with E-state index >= 15 is 0 Å². The van der Waals surface area contributed by atoms with Gasteiger partial charge in [0.05, 0.1) is 43.3 Å². The fourth-order valence-electron chi connectivity index (χ4n) is 4.10. The Kier molecular flexibility index (Phi) is 8.86. The standard InChI is InChI=1S/C27H32Cl2N2O4/c1-16(2)15-35-22-10-8-19(13-17(22)3)25(32)23-24(18-7-9-20(28)21(29)14-18)31(27(34)26(23)33)12-6-11-30(4)5/h7-10,13-14,16,24,32H,6,11-12,15H2,1-5H3/b25-23+. The maximum absolute atomic E-state index is 13.7. The lowest BCUT2D eigenvalue weighted by Crippen LogP contribution is -3.05. The molecule has 6 nitrogen and oxygen atoms in total. The average molecular weight is 519 g/mol. The molecule has 1 aliphatic heterocycles. The van der Waals surface area contributed by atoms with E-state index in [-0.39, 0.29) is 5.57 Å². The van der Waals surface area contributed by atoms with Gasteiger partial charge in [-0.1, -0.05) is 54.9 Å². The number of nitrogens with one attached hydrogen (secondary N) is 1. The Morgan fingerprint density at radius 1 is 1.11 bits per heavy atom. The van der Waals surface area contributed by atoms with Gasteiger partial charge in [0.25, 0.3) is 5.91 Å². The third kappa shape index (κ3) is 6.18. The molecule has 0 spiro atoms. The minimum Gasteiger partial charge on any atom is -0.872 e. The minimum absolute atomic E-state index is 0.0687. The van der Waals surface area contributed by atoms with Gasteiger partial charge in [0.1, 0.15) is 5.75 Å². The maximum Gasteiger partial charge on any atom is 0.295 e. The lowest BCUT2D eigenvalue weighted by Gasteiger charge is -2.28. The quantitative estimate of drug-likeness (QED) is 0.314. The van der Waals surface area contributed by atoms with E-state index in [1.807, 2.05) is 21.0 Å². The SMILES string of the molecule is Cc1cc(/C([O-])=C2\C(=O)C(=O)N(CCC[NH+](C)C)C2c2ccc(Cl)c(Cl)c2)ccc1OCC(C)C. The second kappa shape index (κ2) is 11.5. The van der Waals surface area contributed by atoms with Gasteiger partial charge in [-0.05, 0) is 53.8 Å². The Morgan fingerprint density at radius 2 is 1.83 bits per heavy atom. The van der Waals surface area contributed by atoms with E-state index < -0.39 is 23.5 Å². The molecule has 3 rings (SSSR count). The Bertz CT molecular complexity index is 1140. The number of benzene rings is 2. The summed E-state index contributed by atoms with van der Waals surface area (Å²) in [7, 11) is 4.04. The molecule has 0 saturated carbocycles. The first-order valence-electron chi connectivity index (χ1n) is 11.8. The number of Topliss-reactive ketones (excluding diaryl/α,β-unsaturated/α-hetero) is 1. The number of nitrogens with zero attached hydrogens (tertiary/aromatic N) is 1. The van der Waals surface area contributed by atoms with Crippen molar-refractivity contribution in [2.24, 2.45) is 5.92 Å². The van der Waals surface area contributed by atoms with Crippen LogP contribution in [0.15, 0.2) is 42.0 Å². The van der Waals surface area contributed by atoms with Gasteiger partial charge in [-0.2, -0.15) is 0 Å². The van der Waals surface area contributed by atoms with Crippen LogP contribution in [0.5, 0.6) is 5.75 Å². The van der Waals surface area contributed by atoms with Gasteiger partial charge in [-0.25, -0.2) is 0 Å². The number of halogens is 2. The van der Waals surface area contributed by atoms with E-state index in [0.717, 1.165) is 12.1 Å². The Morgan fingerprint density at radius 3 is 2.43 bits per heavy atom. The summed E-state index contributed by atoms with van der Waals surface area (Å²) < 4.78 is 5.82. The highest BCUT2D eigenvalue weighted by molar-refractivity contribution is 6.46. The third-order valence-electron chi connectivity index (χ3n) is 5.87. The smallest absolute Gasteiger partial charge is 0.295 e. The number of ketones is 1. The molecule has 1 amide bonds. The number of aryl methyl sites for hydroxylation is 1. The summed E-state index contributed by atoms with van der Waals surface area (Å²) in [5.74, 6) is -0.880. The molecule has 1 fully saturated rings. The van der Waals surface area contributed by atoms with Crippen LogP contribution in [0, 0.1) is 12.8 Å². The molecule has 188 valence electrons. The molecule has 0 radical (unpaired) electrons. The molecular formula is C27H32Cl2N2O4. The first kappa shape index (κ1) is 27.1. The van der Waals surface area contributed by atoms with Crippen LogP contribution < -0.4 is 14.7 Å². The lowest BCUT2D eigenvalue weighted by molar-refractivity contribution is -0.858. The van der Waals surface area contributed by atoms with Crippen LogP contribution in [-0.2, 0) is 9.59 Å². The van der Waals surface area contributed by atoms with Crippen LogP contribution in [-0.4, -0.2) is 50.4 Å². The molecule has 1 saturated heterocycles. The summed E-state index contributed by atoms with van der Waals surface area (Å²) >= 11 is 12.4. The molecule has 1 aliphatic rings. The third-order valence-corrected chi connectivity index (χ3v) is 6.61. The number of ether oxygens (including phenoxy) is 1. The van der Waals surface area contributed by atoms with Crippen molar-refractivity contribution < 1.29 is 24.3 Å². The van der Waals surface area contributed by atoms with Gasteiger partial charge < -0.3 is 19.6 Å². The van der Waals surface area contributed by atoms with Crippen molar-refractivity contribution in [2.45, 2.75) is 33.2 Å². The zero-order chi connectivity index (χ0) is 25.9. The second-order valence-corrected chi connectivity index (χ2v) is 10.5. The summed E-state index contributed by atoms with van der Waals surface area (Å²) in [6.07, 6.45) is 0.682. The Labute approximate surface area is 217 Å². The first-order chi connectivity index (χ1) is 16.5. The lowest BCUT2D eigenvalue weighted by atomic mass is 9.94. The highest BCUT2D eigenvalue weighted by atomic mass is 35.5. The van der Waals surface area contributed by atoms with Crippen molar-refractivity contribution >= 4 is 40.7 Å². The molecule has 1 atom stereocenters. The number of rotatable bonds is 9. The zero-order valence-corrected chi connectivity index (χ0v) is 22.3. The van der Waals surface area contributed by atoms with E-state index in [1.54, 1.807) is 36.4 Å². The number of hydrogen-bond acceptors (Lipinski definition) is 4. The summed E-state index contributed by atoms with van der Waals surface area (Å²) in [5.41, 5.74) is 1.62. The first-order valence-corrected chi connectivity index (χ1v) is 12.5. The molecule has 35 heavy (non-hydrogen) atoms. The second-order valence-electron chi connectivity index (χ2n) is 9.64. The normalized spacial score (nSPS) is 17.6. The van der Waals surface area contributed by atoms with Gasteiger partial charge in [-0.3, -0.25) is 9.59 Å². The molecule has 1 N–H and O–H groups in total. The largest absolute Gasteiger partial charge is 0.872 e. The molecule has 2 aromatic carbocycles. The summed E-state index contributed by atoms with van der Waals surface area (Å²) in [6.45, 7) is 7.68. The van der Waals surface area contributed by atoms with Gasteiger partial charge in [0.2, 0.25) is 5.78 Å². The van der Waals surface area contributed by atoms with E-state index in [2.05, 4.69) is 13.8 Å². The van der Waals surface area contributed by atoms with Crippen molar-refractivity contribution in [3.8, 4) is 5.75 Å². The molecule has 2 aromatic rings. The van der Waals surface area contributed by atoms with Crippen LogP contribution >= 0.6 is 23.2 Å². The van der Waals surface area contributed by atoms with Gasteiger partial charge >= 0.3 is 0 Å². The number of carbonyl (C=O) groups is 2. The van der Waals surface area contributed by atoms with Crippen molar-refractivity contribution in [3.63, 3.8) is 0 Å². The van der Waals surface area contributed by atoms with Crippen LogP contribution in [0.4, 0.5) is 0 Å². The topological polar surface area (TPSA) is 74.1 Å². The number of quaternary nitrogens is 1. The van der Waals surface area contributed by atoms with Crippen molar-refractivity contribution in [1.29, 1.82) is 0 Å². The molecule has 0 bridgehead atoms. The molecule has 8 heteroatoms. The average Bonchev–Trinajstić information content (AvgIpc) is 3.04. The van der Waals surface area contributed by atoms with Crippen LogP contribution in [0.2, 0.25) is 10.0 Å². The van der Waals surface area contributed by atoms with Crippen LogP contribution in [0.3, 0.4) is 0 Å². The van der Waals surface area contributed by atoms with Gasteiger partial charge in [0.15, 0.2) is 0 Å². The predicted octanol–water partition coefficient (Wildman–Crippen LogP) is 3.10. The summed E-state index contributed by atoms with van der Waals surface area (Å²) in [4.78, 5) is 28.9. The molecule has 1 heterocycles. The predicted molar refractivity (Wildman–Crippen MR) is 137 cm³/mol. The fourth-order valence-corrected chi connectivity index (χ4v) is 4.40. The molecule has 0 aliphatic carbocycles. The van der Waals surface area contributed by atoms with Crippen LogP contribution in [0.1, 0.15) is 43.0 Å². The van der Waals surface area contributed by atoms with Crippen molar-refractivity contribution in [1.82, 2.24) is 4.90 Å². The summed E-state index contributed by atoms with van der Waals surface area (Å²) in [5, 5.41) is 14.3. The Balaban J connectivity index is 2.07. The zero-order valence-electron chi connectivity index (χ0n) is 20.8. The molecular weight excluding hydrogens is 487 g/mol. The van der Waals surface area contributed by atoms with E-state index in [4.69, 9.17) is 27.9 Å². The van der Waals surface area contributed by atoms with Gasteiger partial charge in [0, 0.05) is 18.5 Å². The maximum atomic E-state index is 13.7. The molecule has 1 unspecified atom stereocenters. The number of hydrogen-bond donors (Lipinski definition) is 1. The number of carbonyl (C=O) groups excluding carboxylic acids is 2. The van der Waals surface area contributed by atoms with E-state index in [0.29, 0.717) is 52.4 Å². The summed E-state index contributed by atoms with van der Waals surface area (Å²) in [6, 6.07) is 9.18. The van der Waals surface area contributed by atoms with E-state index in [1.165, 1.54) is 9.80 Å². The van der Waals surface area contributed by atoms with E-state index in [9.17, 15) is 14.7 Å². The van der Waals surface area contributed by atoms with Gasteiger partial charge in [-0.15, -0.1) is 0 Å².